The van der Waals surface area contributed by atoms with Gasteiger partial charge in [0.25, 0.3) is 5.91 Å². The predicted molar refractivity (Wildman–Crippen MR) is 86.6 cm³/mol. The summed E-state index contributed by atoms with van der Waals surface area (Å²) in [4.78, 5) is 14.6. The third-order valence-electron chi connectivity index (χ3n) is 4.27. The van der Waals surface area contributed by atoms with Gasteiger partial charge in [0.2, 0.25) is 0 Å². The zero-order chi connectivity index (χ0) is 15.0. The summed E-state index contributed by atoms with van der Waals surface area (Å²) in [5.74, 6) is 0.441. The first kappa shape index (κ1) is 14.6. The van der Waals surface area contributed by atoms with Crippen LogP contribution in [0.4, 0.5) is 0 Å². The zero-order valence-corrected chi connectivity index (χ0v) is 13.9. The van der Waals surface area contributed by atoms with E-state index >= 15 is 0 Å². The molecule has 1 aliphatic rings. The number of benzene rings is 1. The van der Waals surface area contributed by atoms with Crippen LogP contribution in [0, 0.1) is 6.92 Å². The largest absolute Gasteiger partial charge is 0.451 e. The van der Waals surface area contributed by atoms with Crippen LogP contribution in [0.3, 0.4) is 0 Å². The zero-order valence-electron chi connectivity index (χ0n) is 12.3. The maximum absolute atomic E-state index is 12.7. The number of hydrogen-bond donors (Lipinski definition) is 1. The smallest absolute Gasteiger partial charge is 0.289 e. The molecule has 1 saturated heterocycles. The molecule has 0 bridgehead atoms. The normalized spacial score (nSPS) is 16.3. The molecule has 3 rings (SSSR count). The summed E-state index contributed by atoms with van der Waals surface area (Å²) in [7, 11) is 1.88. The number of carbonyl (C=O) groups excluding carboxylic acids is 1. The molecule has 1 amide bonds. The van der Waals surface area contributed by atoms with Crippen molar-refractivity contribution in [2.75, 3.05) is 20.1 Å². The van der Waals surface area contributed by atoms with E-state index in [0.717, 1.165) is 46.9 Å². The Bertz CT molecular complexity index is 674. The highest BCUT2D eigenvalue weighted by atomic mass is 79.9. The van der Waals surface area contributed by atoms with E-state index in [2.05, 4.69) is 21.2 Å². The number of hydrogen-bond acceptors (Lipinski definition) is 3. The molecule has 4 nitrogen and oxygen atoms in total. The lowest BCUT2D eigenvalue weighted by Crippen LogP contribution is -2.44. The summed E-state index contributed by atoms with van der Waals surface area (Å²) in [6, 6.07) is 6.11. The van der Waals surface area contributed by atoms with Crippen LogP contribution in [0.5, 0.6) is 0 Å². The summed E-state index contributed by atoms with van der Waals surface area (Å²) in [6.45, 7) is 3.88. The van der Waals surface area contributed by atoms with Gasteiger partial charge >= 0.3 is 0 Å². The summed E-state index contributed by atoms with van der Waals surface area (Å²) in [5.41, 5.74) is 1.68. The van der Waals surface area contributed by atoms with E-state index in [1.807, 2.05) is 37.1 Å². The Morgan fingerprint density at radius 2 is 2.10 bits per heavy atom. The molecule has 2 heterocycles. The summed E-state index contributed by atoms with van der Waals surface area (Å²) in [6.07, 6.45) is 1.99. The van der Waals surface area contributed by atoms with Gasteiger partial charge in [0, 0.05) is 28.5 Å². The molecule has 1 fully saturated rings. The lowest BCUT2D eigenvalue weighted by Gasteiger charge is -2.31. The Labute approximate surface area is 132 Å². The summed E-state index contributed by atoms with van der Waals surface area (Å²) < 4.78 is 6.79. The van der Waals surface area contributed by atoms with Crippen LogP contribution in [-0.4, -0.2) is 37.0 Å². The average molecular weight is 351 g/mol. The van der Waals surface area contributed by atoms with E-state index in [1.54, 1.807) is 0 Å². The minimum absolute atomic E-state index is 0.0216. The molecule has 0 aliphatic carbocycles. The number of aryl methyl sites for hydroxylation is 1. The van der Waals surface area contributed by atoms with Gasteiger partial charge in [0.1, 0.15) is 5.58 Å². The Morgan fingerprint density at radius 3 is 2.81 bits per heavy atom. The van der Waals surface area contributed by atoms with Crippen LogP contribution >= 0.6 is 15.9 Å². The van der Waals surface area contributed by atoms with Crippen molar-refractivity contribution in [1.82, 2.24) is 10.2 Å². The van der Waals surface area contributed by atoms with E-state index in [0.29, 0.717) is 5.76 Å². The van der Waals surface area contributed by atoms with Gasteiger partial charge in [-0.25, -0.2) is 0 Å². The fourth-order valence-corrected chi connectivity index (χ4v) is 3.28. The van der Waals surface area contributed by atoms with Crippen LogP contribution in [0.15, 0.2) is 27.1 Å². The minimum atomic E-state index is -0.0216. The van der Waals surface area contributed by atoms with Crippen molar-refractivity contribution in [2.24, 2.45) is 0 Å². The highest BCUT2D eigenvalue weighted by molar-refractivity contribution is 9.10. The third-order valence-corrected chi connectivity index (χ3v) is 4.76. The molecule has 0 unspecified atom stereocenters. The standard InChI is InChI=1S/C16H19BrN2O2/c1-10-13-9-11(17)3-4-14(13)21-15(10)16(20)19(2)12-5-7-18-8-6-12/h3-4,9,12,18H,5-8H2,1-2H3. The molecule has 0 spiro atoms. The van der Waals surface area contributed by atoms with Gasteiger partial charge in [-0.15, -0.1) is 0 Å². The van der Waals surface area contributed by atoms with Crippen LogP contribution in [0.2, 0.25) is 0 Å². The fourth-order valence-electron chi connectivity index (χ4n) is 2.92. The van der Waals surface area contributed by atoms with E-state index in [4.69, 9.17) is 4.42 Å². The number of nitrogens with zero attached hydrogens (tertiary/aromatic N) is 1. The number of nitrogens with one attached hydrogen (secondary N) is 1. The van der Waals surface area contributed by atoms with Crippen molar-refractivity contribution in [3.8, 4) is 0 Å². The van der Waals surface area contributed by atoms with Gasteiger partial charge in [-0.2, -0.15) is 0 Å². The van der Waals surface area contributed by atoms with Crippen molar-refractivity contribution in [3.05, 3.63) is 34.0 Å². The predicted octanol–water partition coefficient (Wildman–Crippen LogP) is 3.33. The van der Waals surface area contributed by atoms with Crippen LogP contribution in [0.25, 0.3) is 11.0 Å². The Balaban J connectivity index is 1.92. The number of furan rings is 1. The second-order valence-electron chi connectivity index (χ2n) is 5.59. The molecule has 5 heteroatoms. The number of amides is 1. The van der Waals surface area contributed by atoms with E-state index < -0.39 is 0 Å². The maximum Gasteiger partial charge on any atom is 0.289 e. The Morgan fingerprint density at radius 1 is 1.38 bits per heavy atom. The molecular formula is C16H19BrN2O2. The molecular weight excluding hydrogens is 332 g/mol. The van der Waals surface area contributed by atoms with E-state index in [-0.39, 0.29) is 11.9 Å². The summed E-state index contributed by atoms with van der Waals surface area (Å²) >= 11 is 3.46. The number of piperidine rings is 1. The van der Waals surface area contributed by atoms with Gasteiger partial charge in [-0.05, 0) is 51.1 Å². The summed E-state index contributed by atoms with van der Waals surface area (Å²) in [5, 5.41) is 4.31. The van der Waals surface area contributed by atoms with Crippen molar-refractivity contribution in [3.63, 3.8) is 0 Å². The lowest BCUT2D eigenvalue weighted by molar-refractivity contribution is 0.0672. The minimum Gasteiger partial charge on any atom is -0.451 e. The second kappa shape index (κ2) is 5.81. The number of halogens is 1. The van der Waals surface area contributed by atoms with Crippen molar-refractivity contribution >= 4 is 32.8 Å². The first-order valence-electron chi connectivity index (χ1n) is 7.24. The molecule has 0 saturated carbocycles. The lowest BCUT2D eigenvalue weighted by atomic mass is 10.0. The molecule has 2 aromatic rings. The van der Waals surface area contributed by atoms with Crippen molar-refractivity contribution in [2.45, 2.75) is 25.8 Å². The Kier molecular flexibility index (Phi) is 4.04. The topological polar surface area (TPSA) is 45.5 Å². The number of rotatable bonds is 2. The van der Waals surface area contributed by atoms with Crippen LogP contribution in [-0.2, 0) is 0 Å². The van der Waals surface area contributed by atoms with Crippen LogP contribution < -0.4 is 5.32 Å². The average Bonchev–Trinajstić information content (AvgIpc) is 2.83. The first-order chi connectivity index (χ1) is 10.1. The van der Waals surface area contributed by atoms with E-state index in [1.165, 1.54) is 0 Å². The second-order valence-corrected chi connectivity index (χ2v) is 6.51. The van der Waals surface area contributed by atoms with Gasteiger partial charge < -0.3 is 14.6 Å². The molecule has 1 N–H and O–H groups in total. The van der Waals surface area contributed by atoms with Crippen molar-refractivity contribution < 1.29 is 9.21 Å². The highest BCUT2D eigenvalue weighted by Crippen LogP contribution is 2.29. The number of fused-ring (bicyclic) bond motifs is 1. The molecule has 0 atom stereocenters. The van der Waals surface area contributed by atoms with Crippen molar-refractivity contribution in [1.29, 1.82) is 0 Å². The quantitative estimate of drug-likeness (QED) is 0.903. The number of carbonyl (C=O) groups is 1. The molecule has 112 valence electrons. The highest BCUT2D eigenvalue weighted by Gasteiger charge is 2.27. The maximum atomic E-state index is 12.7. The molecule has 0 radical (unpaired) electrons. The SMILES string of the molecule is Cc1c(C(=O)N(C)C2CCNCC2)oc2ccc(Br)cc12. The monoisotopic (exact) mass is 350 g/mol. The fraction of sp³-hybridized carbons (Fsp3) is 0.438. The van der Waals surface area contributed by atoms with Crippen LogP contribution in [0.1, 0.15) is 29.0 Å². The Hall–Kier alpha value is -1.33. The third kappa shape index (κ3) is 2.72. The van der Waals surface area contributed by atoms with Gasteiger partial charge in [-0.3, -0.25) is 4.79 Å². The molecule has 1 aromatic heterocycles. The van der Waals surface area contributed by atoms with E-state index in [9.17, 15) is 4.79 Å². The van der Waals surface area contributed by atoms with Gasteiger partial charge in [0.05, 0.1) is 0 Å². The molecule has 21 heavy (non-hydrogen) atoms. The first-order valence-corrected chi connectivity index (χ1v) is 8.04. The van der Waals surface area contributed by atoms with Gasteiger partial charge in [0.15, 0.2) is 5.76 Å². The van der Waals surface area contributed by atoms with Gasteiger partial charge in [-0.1, -0.05) is 15.9 Å². The molecule has 1 aliphatic heterocycles. The molecule has 1 aromatic carbocycles.